The van der Waals surface area contributed by atoms with Crippen molar-refractivity contribution in [3.8, 4) is 6.07 Å². The van der Waals surface area contributed by atoms with Gasteiger partial charge in [0.2, 0.25) is 0 Å². The smallest absolute Gasteiger partial charge is 0.349 e. The molecule has 0 N–H and O–H groups in total. The number of carbonyl (C=O) groups excluding carboxylic acids is 3. The molecule has 51 heavy (non-hydrogen) atoms. The summed E-state index contributed by atoms with van der Waals surface area (Å²) in [5.74, 6) is -0.178. The molecule has 8 heteroatoms. The van der Waals surface area contributed by atoms with Gasteiger partial charge < -0.3 is 14.2 Å². The summed E-state index contributed by atoms with van der Waals surface area (Å²) in [4.78, 5) is 38.6. The highest BCUT2D eigenvalue weighted by Crippen LogP contribution is 2.66. The number of methoxy groups -OCH3 is 1. The van der Waals surface area contributed by atoms with Crippen molar-refractivity contribution in [3.05, 3.63) is 88.5 Å². The number of esters is 3. The maximum Gasteiger partial charge on any atom is 0.349 e. The summed E-state index contributed by atoms with van der Waals surface area (Å²) in [7, 11) is 1.44. The Kier molecular flexibility index (Phi) is 11.1. The standard InChI is InChI=1S/C43H50ClNO6/c1-27(15-18-37(46)49-4)33-16-17-34-40-35(20-22-43(33,34)3)42(2)21-19-31(23-30(42)24-36(40)51-38(47)25-44)50-41(48)32(26-45)39(28-11-7-5-8-12-28)29-13-9-6-10-14-29/h5-14,27,30-31,33,35-36H,15-25H2,1-4H3. The molecule has 0 saturated heterocycles. The normalized spacial score (nSPS) is 30.1. The van der Waals surface area contributed by atoms with Crippen LogP contribution in [0.15, 0.2) is 77.4 Å². The molecular weight excluding hydrogens is 662 g/mol. The largest absolute Gasteiger partial charge is 0.469 e. The summed E-state index contributed by atoms with van der Waals surface area (Å²) >= 11 is 6.01. The zero-order chi connectivity index (χ0) is 36.3. The number of hydrogen-bond donors (Lipinski definition) is 0. The van der Waals surface area contributed by atoms with Crippen molar-refractivity contribution in [2.75, 3.05) is 13.0 Å². The van der Waals surface area contributed by atoms with E-state index in [0.29, 0.717) is 43.1 Å². The lowest BCUT2D eigenvalue weighted by Gasteiger charge is -2.58. The summed E-state index contributed by atoms with van der Waals surface area (Å²) in [6.07, 6.45) is 7.46. The number of fused-ring (bicyclic) bond motifs is 4. The molecule has 0 radical (unpaired) electrons. The van der Waals surface area contributed by atoms with E-state index in [1.165, 1.54) is 18.3 Å². The van der Waals surface area contributed by atoms with Gasteiger partial charge in [0.05, 0.1) is 7.11 Å². The number of nitrogens with zero attached hydrogens (tertiary/aromatic N) is 1. The highest BCUT2D eigenvalue weighted by atomic mass is 35.5. The molecular formula is C43H50ClNO6. The molecule has 8 unspecified atom stereocenters. The van der Waals surface area contributed by atoms with Crippen LogP contribution in [-0.4, -0.2) is 43.1 Å². The van der Waals surface area contributed by atoms with Crippen molar-refractivity contribution in [2.24, 2.45) is 34.5 Å². The van der Waals surface area contributed by atoms with E-state index in [4.69, 9.17) is 25.8 Å². The molecule has 7 nitrogen and oxygen atoms in total. The third kappa shape index (κ3) is 7.14. The van der Waals surface area contributed by atoms with E-state index in [9.17, 15) is 19.6 Å². The molecule has 0 aromatic heterocycles. The maximum absolute atomic E-state index is 13.9. The summed E-state index contributed by atoms with van der Waals surface area (Å²) in [5, 5.41) is 10.3. The van der Waals surface area contributed by atoms with Crippen molar-refractivity contribution in [1.82, 2.24) is 0 Å². The second-order valence-corrected chi connectivity index (χ2v) is 15.9. The quantitative estimate of drug-likeness (QED) is 0.0605. The summed E-state index contributed by atoms with van der Waals surface area (Å²) in [5.41, 5.74) is 4.82. The molecule has 3 fully saturated rings. The van der Waals surface area contributed by atoms with Crippen molar-refractivity contribution in [2.45, 2.75) is 97.2 Å². The first-order valence-electron chi connectivity index (χ1n) is 18.6. The van der Waals surface area contributed by atoms with Gasteiger partial charge in [-0.3, -0.25) is 9.59 Å². The number of ether oxygens (including phenoxy) is 3. The fraction of sp³-hybridized carbons (Fsp3) is 0.535. The van der Waals surface area contributed by atoms with Gasteiger partial charge in [0.1, 0.15) is 29.7 Å². The summed E-state index contributed by atoms with van der Waals surface area (Å²) < 4.78 is 17.3. The van der Waals surface area contributed by atoms with Crippen molar-refractivity contribution < 1.29 is 28.6 Å². The van der Waals surface area contributed by atoms with Gasteiger partial charge in [0.25, 0.3) is 0 Å². The molecule has 0 aliphatic heterocycles. The Morgan fingerprint density at radius 2 is 1.59 bits per heavy atom. The Labute approximate surface area is 307 Å². The fourth-order valence-corrected chi connectivity index (χ4v) is 10.6. The number of allylic oxidation sites excluding steroid dienone is 1. The molecule has 0 amide bonds. The Morgan fingerprint density at radius 3 is 2.20 bits per heavy atom. The van der Waals surface area contributed by atoms with Crippen molar-refractivity contribution in [1.29, 1.82) is 5.26 Å². The van der Waals surface area contributed by atoms with Gasteiger partial charge in [-0.2, -0.15) is 5.26 Å². The summed E-state index contributed by atoms with van der Waals surface area (Å²) in [6, 6.07) is 21.2. The Balaban J connectivity index is 1.27. The molecule has 3 saturated carbocycles. The molecule has 270 valence electrons. The first kappa shape index (κ1) is 36.9. The van der Waals surface area contributed by atoms with Crippen LogP contribution in [0.4, 0.5) is 0 Å². The topological polar surface area (TPSA) is 103 Å². The second-order valence-electron chi connectivity index (χ2n) is 15.6. The summed E-state index contributed by atoms with van der Waals surface area (Å²) in [6.45, 7) is 7.04. The van der Waals surface area contributed by atoms with Crippen molar-refractivity contribution >= 4 is 35.1 Å². The third-order valence-electron chi connectivity index (χ3n) is 13.1. The van der Waals surface area contributed by atoms with E-state index in [2.05, 4.69) is 26.8 Å². The van der Waals surface area contributed by atoms with E-state index < -0.39 is 11.9 Å². The predicted molar refractivity (Wildman–Crippen MR) is 196 cm³/mol. The highest BCUT2D eigenvalue weighted by molar-refractivity contribution is 6.26. The van der Waals surface area contributed by atoms with E-state index >= 15 is 0 Å². The SMILES string of the molecule is COC(=O)CCC(C)C1CCC2=C3C(OC(=O)CCl)CC4CC(OC(=O)C(C#N)=C(c5ccccc5)c5ccccc5)CCC4(C)C3CCC21C. The first-order valence-corrected chi connectivity index (χ1v) is 19.1. The average molecular weight is 712 g/mol. The van der Waals surface area contributed by atoms with Crippen LogP contribution < -0.4 is 0 Å². The number of rotatable bonds is 10. The molecule has 8 atom stereocenters. The van der Waals surface area contributed by atoms with Gasteiger partial charge in [0, 0.05) is 12.0 Å². The van der Waals surface area contributed by atoms with Crippen LogP contribution in [0.3, 0.4) is 0 Å². The second kappa shape index (κ2) is 15.4. The Morgan fingerprint density at radius 1 is 0.922 bits per heavy atom. The number of benzene rings is 2. The van der Waals surface area contributed by atoms with E-state index in [-0.39, 0.29) is 52.3 Å². The Bertz CT molecular complexity index is 1690. The number of halogens is 1. The monoisotopic (exact) mass is 711 g/mol. The molecule has 0 bridgehead atoms. The van der Waals surface area contributed by atoms with E-state index in [1.807, 2.05) is 60.7 Å². The van der Waals surface area contributed by atoms with Crippen LogP contribution in [-0.2, 0) is 28.6 Å². The van der Waals surface area contributed by atoms with Gasteiger partial charge in [-0.05, 0) is 109 Å². The van der Waals surface area contributed by atoms with Gasteiger partial charge in [0.15, 0.2) is 0 Å². The molecule has 4 aliphatic rings. The number of nitriles is 1. The highest BCUT2D eigenvalue weighted by Gasteiger charge is 2.59. The van der Waals surface area contributed by atoms with Gasteiger partial charge in [-0.1, -0.05) is 87.0 Å². The first-order chi connectivity index (χ1) is 24.5. The van der Waals surface area contributed by atoms with Crippen LogP contribution in [0.1, 0.15) is 96.1 Å². The zero-order valence-electron chi connectivity index (χ0n) is 30.3. The minimum atomic E-state index is -0.607. The Hall–Kier alpha value is -3.89. The predicted octanol–water partition coefficient (Wildman–Crippen LogP) is 9.00. The number of hydrogen-bond acceptors (Lipinski definition) is 7. The van der Waals surface area contributed by atoms with Crippen LogP contribution in [0.2, 0.25) is 0 Å². The molecule has 4 aliphatic carbocycles. The fourth-order valence-electron chi connectivity index (χ4n) is 10.5. The van der Waals surface area contributed by atoms with Gasteiger partial charge in [-0.25, -0.2) is 4.79 Å². The van der Waals surface area contributed by atoms with Crippen LogP contribution in [0, 0.1) is 45.8 Å². The number of alkyl halides is 1. The minimum Gasteiger partial charge on any atom is -0.469 e. The van der Waals surface area contributed by atoms with E-state index in [1.54, 1.807) is 0 Å². The van der Waals surface area contributed by atoms with Crippen LogP contribution in [0.25, 0.3) is 5.57 Å². The lowest BCUT2D eigenvalue weighted by Crippen LogP contribution is -2.53. The van der Waals surface area contributed by atoms with E-state index in [0.717, 1.165) is 49.7 Å². The molecule has 6 rings (SSSR count). The van der Waals surface area contributed by atoms with Crippen LogP contribution in [0.5, 0.6) is 0 Å². The molecule has 0 heterocycles. The van der Waals surface area contributed by atoms with Crippen molar-refractivity contribution in [3.63, 3.8) is 0 Å². The lowest BCUT2D eigenvalue weighted by molar-refractivity contribution is -0.156. The van der Waals surface area contributed by atoms with Crippen LogP contribution >= 0.6 is 11.6 Å². The molecule has 0 spiro atoms. The minimum absolute atomic E-state index is 0.00603. The average Bonchev–Trinajstić information content (AvgIpc) is 3.50. The zero-order valence-corrected chi connectivity index (χ0v) is 31.0. The van der Waals surface area contributed by atoms with Gasteiger partial charge >= 0.3 is 17.9 Å². The number of carbonyl (C=O) groups is 3. The molecule has 2 aromatic carbocycles. The molecule has 2 aromatic rings. The maximum atomic E-state index is 13.9. The third-order valence-corrected chi connectivity index (χ3v) is 13.3. The lowest BCUT2D eigenvalue weighted by atomic mass is 9.48. The van der Waals surface area contributed by atoms with Gasteiger partial charge in [-0.15, -0.1) is 11.6 Å².